The molecule has 0 saturated carbocycles. The van der Waals surface area contributed by atoms with Crippen molar-refractivity contribution in [1.82, 2.24) is 10.2 Å². The number of carbonyl (C=O) groups excluding carboxylic acids is 3. The molecule has 2 fully saturated rings. The second-order valence-corrected chi connectivity index (χ2v) is 18.2. The van der Waals surface area contributed by atoms with Crippen LogP contribution in [0.1, 0.15) is 42.9 Å². The van der Waals surface area contributed by atoms with E-state index in [0.717, 1.165) is 41.8 Å². The molecular formula is C38H48N4O6Si. The van der Waals surface area contributed by atoms with Gasteiger partial charge in [-0.1, -0.05) is 67.6 Å². The van der Waals surface area contributed by atoms with Crippen molar-refractivity contribution >= 4 is 37.4 Å². The van der Waals surface area contributed by atoms with Gasteiger partial charge in [-0.25, -0.2) is 0 Å². The van der Waals surface area contributed by atoms with Crippen LogP contribution in [0.3, 0.4) is 0 Å². The van der Waals surface area contributed by atoms with Gasteiger partial charge >= 0.3 is 0 Å². The molecule has 2 saturated heterocycles. The molecule has 3 aromatic carbocycles. The molecular weight excluding hydrogens is 637 g/mol. The third-order valence-corrected chi connectivity index (χ3v) is 12.9. The number of anilines is 2. The summed E-state index contributed by atoms with van der Waals surface area (Å²) in [6, 6.07) is 24.8. The Bertz CT molecular complexity index is 1660. The minimum atomic E-state index is -2.98. The van der Waals surface area contributed by atoms with Crippen molar-refractivity contribution in [2.45, 2.75) is 69.6 Å². The van der Waals surface area contributed by atoms with Crippen LogP contribution in [0.2, 0.25) is 18.6 Å². The molecule has 3 aliphatic rings. The number of piperidine rings is 1. The summed E-state index contributed by atoms with van der Waals surface area (Å²) in [5, 5.41) is 16.1. The first-order valence-corrected chi connectivity index (χ1v) is 20.4. The average Bonchev–Trinajstić information content (AvgIpc) is 3.51. The van der Waals surface area contributed by atoms with Crippen molar-refractivity contribution in [3.05, 3.63) is 95.6 Å². The van der Waals surface area contributed by atoms with Gasteiger partial charge in [0.1, 0.15) is 0 Å². The second kappa shape index (κ2) is 14.5. The molecule has 3 aliphatic heterocycles. The van der Waals surface area contributed by atoms with E-state index >= 15 is 0 Å². The number of aliphatic hydroxyl groups is 1. The lowest BCUT2D eigenvalue weighted by atomic mass is 9.82. The monoisotopic (exact) mass is 684 g/mol. The Hall–Kier alpha value is -3.87. The maximum atomic E-state index is 14.8. The van der Waals surface area contributed by atoms with Gasteiger partial charge < -0.3 is 35.1 Å². The lowest BCUT2D eigenvalue weighted by Crippen LogP contribution is -2.46. The lowest BCUT2D eigenvalue weighted by molar-refractivity contribution is -0.150. The summed E-state index contributed by atoms with van der Waals surface area (Å²) in [6.45, 7) is 7.83. The number of hydrogen-bond donors (Lipinski definition) is 4. The molecule has 0 bridgehead atoms. The Labute approximate surface area is 289 Å². The number of amides is 3. The molecule has 4 N–H and O–H groups in total. The van der Waals surface area contributed by atoms with Crippen LogP contribution >= 0.6 is 0 Å². The molecule has 0 aromatic heterocycles. The number of ether oxygens (including phenoxy) is 1. The molecule has 0 radical (unpaired) electrons. The summed E-state index contributed by atoms with van der Waals surface area (Å²) < 4.78 is 6.87. The summed E-state index contributed by atoms with van der Waals surface area (Å²) >= 11 is 0. The molecule has 260 valence electrons. The van der Waals surface area contributed by atoms with Crippen LogP contribution in [-0.2, 0) is 37.8 Å². The standard InChI is InChI=1S/C38H48N4O6Si/c1-26-35(49(2,3)47)33(22-34(44)41(19-20-43)24-27-11-5-4-6-12-27)48-38(26)31-16-7-8-17-32(31)42(37(38)46)25-28-13-9-15-30(21-28)40-36(45)29-14-10-18-39-23-29/h4-9,11-13,15-17,21,26,29,33,35,39,43,47H,10,14,18-20,22-25H2,1-3H3,(H,40,45)/t26-,29?,33+,35-,38+/m0/s1. The van der Waals surface area contributed by atoms with Crippen LogP contribution < -0.4 is 15.5 Å². The molecule has 5 atom stereocenters. The number of nitrogens with zero attached hydrogens (tertiary/aromatic N) is 2. The smallest absolute Gasteiger partial charge is 0.264 e. The maximum absolute atomic E-state index is 14.8. The quantitative estimate of drug-likeness (QED) is 0.221. The van der Waals surface area contributed by atoms with Crippen molar-refractivity contribution in [3.8, 4) is 0 Å². The Kier molecular flexibility index (Phi) is 10.4. The topological polar surface area (TPSA) is 131 Å². The summed E-state index contributed by atoms with van der Waals surface area (Å²) in [4.78, 5) is 56.6. The van der Waals surface area contributed by atoms with Gasteiger partial charge in [-0.05, 0) is 61.8 Å². The summed E-state index contributed by atoms with van der Waals surface area (Å²) in [5.74, 6) is -0.924. The van der Waals surface area contributed by atoms with E-state index in [0.29, 0.717) is 18.8 Å². The molecule has 1 unspecified atom stereocenters. The first-order valence-electron chi connectivity index (χ1n) is 17.4. The van der Waals surface area contributed by atoms with Gasteiger partial charge in [0, 0.05) is 42.3 Å². The predicted octanol–water partition coefficient (Wildman–Crippen LogP) is 4.38. The molecule has 0 aliphatic carbocycles. The first-order chi connectivity index (χ1) is 23.5. The third-order valence-electron chi connectivity index (χ3n) is 10.4. The van der Waals surface area contributed by atoms with E-state index in [4.69, 9.17) is 4.74 Å². The largest absolute Gasteiger partial charge is 0.432 e. The van der Waals surface area contributed by atoms with Gasteiger partial charge in [0.05, 0.1) is 37.3 Å². The van der Waals surface area contributed by atoms with E-state index in [-0.39, 0.29) is 49.8 Å². The summed E-state index contributed by atoms with van der Waals surface area (Å²) in [7, 11) is -2.98. The number of rotatable bonds is 11. The van der Waals surface area contributed by atoms with Gasteiger partial charge in [0.15, 0.2) is 13.9 Å². The Morgan fingerprint density at radius 1 is 1.06 bits per heavy atom. The van der Waals surface area contributed by atoms with E-state index in [9.17, 15) is 24.3 Å². The zero-order valence-corrected chi connectivity index (χ0v) is 29.6. The summed E-state index contributed by atoms with van der Waals surface area (Å²) in [6.07, 6.45) is 1.10. The Morgan fingerprint density at radius 3 is 2.51 bits per heavy atom. The highest BCUT2D eigenvalue weighted by Crippen LogP contribution is 2.59. The molecule has 49 heavy (non-hydrogen) atoms. The van der Waals surface area contributed by atoms with Crippen LogP contribution in [0.4, 0.5) is 11.4 Å². The number of para-hydroxylation sites is 1. The fourth-order valence-electron chi connectivity index (χ4n) is 8.16. The van der Waals surface area contributed by atoms with Gasteiger partial charge in [-0.2, -0.15) is 0 Å². The van der Waals surface area contributed by atoms with Gasteiger partial charge in [-0.3, -0.25) is 14.4 Å². The van der Waals surface area contributed by atoms with Crippen LogP contribution in [0, 0.1) is 11.8 Å². The first kappa shape index (κ1) is 35.0. The van der Waals surface area contributed by atoms with E-state index in [1.807, 2.05) is 98.9 Å². The fraction of sp³-hybridized carbons (Fsp3) is 0.447. The number of benzene rings is 3. The van der Waals surface area contributed by atoms with Gasteiger partial charge in [-0.15, -0.1) is 0 Å². The average molecular weight is 685 g/mol. The predicted molar refractivity (Wildman–Crippen MR) is 191 cm³/mol. The van der Waals surface area contributed by atoms with Crippen molar-refractivity contribution in [3.63, 3.8) is 0 Å². The third kappa shape index (κ3) is 7.09. The highest BCUT2D eigenvalue weighted by Gasteiger charge is 2.66. The number of aliphatic hydroxyl groups excluding tert-OH is 1. The Balaban J connectivity index is 1.26. The fourth-order valence-corrected chi connectivity index (χ4v) is 10.7. The molecule has 3 aromatic rings. The zero-order valence-electron chi connectivity index (χ0n) is 28.6. The van der Waals surface area contributed by atoms with Crippen LogP contribution in [0.5, 0.6) is 0 Å². The Morgan fingerprint density at radius 2 is 1.80 bits per heavy atom. The molecule has 1 spiro atoms. The van der Waals surface area contributed by atoms with Crippen molar-refractivity contribution < 1.29 is 29.0 Å². The number of carbonyl (C=O) groups is 3. The van der Waals surface area contributed by atoms with Gasteiger partial charge in [0.25, 0.3) is 5.91 Å². The lowest BCUT2D eigenvalue weighted by Gasteiger charge is -2.32. The zero-order chi connectivity index (χ0) is 34.8. The highest BCUT2D eigenvalue weighted by atomic mass is 28.4. The van der Waals surface area contributed by atoms with Crippen LogP contribution in [0.25, 0.3) is 0 Å². The maximum Gasteiger partial charge on any atom is 0.264 e. The van der Waals surface area contributed by atoms with Crippen LogP contribution in [-0.4, -0.2) is 73.2 Å². The molecule has 3 heterocycles. The highest BCUT2D eigenvalue weighted by molar-refractivity contribution is 6.71. The van der Waals surface area contributed by atoms with Crippen LogP contribution in [0.15, 0.2) is 78.9 Å². The van der Waals surface area contributed by atoms with Crippen molar-refractivity contribution in [1.29, 1.82) is 0 Å². The molecule has 3 amide bonds. The summed E-state index contributed by atoms with van der Waals surface area (Å²) in [5.41, 5.74) is 2.16. The number of hydrogen-bond acceptors (Lipinski definition) is 7. The second-order valence-electron chi connectivity index (χ2n) is 14.2. The minimum absolute atomic E-state index is 0.0113. The van der Waals surface area contributed by atoms with E-state index in [2.05, 4.69) is 10.6 Å². The van der Waals surface area contributed by atoms with E-state index in [1.54, 1.807) is 9.80 Å². The van der Waals surface area contributed by atoms with E-state index < -0.39 is 31.5 Å². The SMILES string of the molecule is C[C@H]1[C@H]([Si](C)(C)O)[C@@H](CC(=O)N(CCO)Cc2ccccc2)O[C@]12C(=O)N(Cc1cccc(NC(=O)C3CCCNC3)c1)c1ccccc12. The molecule has 10 nitrogen and oxygen atoms in total. The van der Waals surface area contributed by atoms with Crippen molar-refractivity contribution in [2.24, 2.45) is 11.8 Å². The number of nitrogens with one attached hydrogen (secondary N) is 2. The van der Waals surface area contributed by atoms with E-state index in [1.165, 1.54) is 0 Å². The van der Waals surface area contributed by atoms with Gasteiger partial charge in [0.2, 0.25) is 11.8 Å². The molecule has 11 heteroatoms. The minimum Gasteiger partial charge on any atom is -0.432 e. The number of fused-ring (bicyclic) bond motifs is 2. The molecule has 6 rings (SSSR count). The normalized spacial score (nSPS) is 25.0. The van der Waals surface area contributed by atoms with Crippen molar-refractivity contribution in [2.75, 3.05) is 36.5 Å².